The van der Waals surface area contributed by atoms with Gasteiger partial charge in [-0.3, -0.25) is 4.79 Å². The molecule has 2 aromatic carbocycles. The van der Waals surface area contributed by atoms with Gasteiger partial charge >= 0.3 is 0 Å². The third-order valence-electron chi connectivity index (χ3n) is 5.77. The van der Waals surface area contributed by atoms with Crippen molar-refractivity contribution in [3.05, 3.63) is 59.2 Å². The number of thioether (sulfide) groups is 1. The van der Waals surface area contributed by atoms with Crippen LogP contribution in [0, 0.1) is 0 Å². The van der Waals surface area contributed by atoms with Gasteiger partial charge in [0.25, 0.3) is 0 Å². The number of amides is 1. The lowest BCUT2D eigenvalue weighted by molar-refractivity contribution is -0.119. The Labute approximate surface area is 187 Å². The average molecular weight is 437 g/mol. The molecule has 0 bridgehead atoms. The van der Waals surface area contributed by atoms with Gasteiger partial charge in [-0.15, -0.1) is 10.2 Å². The van der Waals surface area contributed by atoms with Gasteiger partial charge in [0, 0.05) is 12.6 Å². The van der Waals surface area contributed by atoms with Crippen molar-refractivity contribution in [3.8, 4) is 17.1 Å². The lowest BCUT2D eigenvalue weighted by Crippen LogP contribution is -2.28. The molecule has 1 aromatic heterocycles. The molecule has 1 aliphatic rings. The minimum absolute atomic E-state index is 0.00998. The van der Waals surface area contributed by atoms with Crippen LogP contribution in [-0.4, -0.2) is 33.5 Å². The second-order valence-corrected chi connectivity index (χ2v) is 8.85. The number of fused-ring (bicyclic) bond motifs is 1. The van der Waals surface area contributed by atoms with Crippen molar-refractivity contribution >= 4 is 17.7 Å². The highest BCUT2D eigenvalue weighted by Gasteiger charge is 2.16. The number of carbonyl (C=O) groups is 1. The molecule has 1 heterocycles. The molecule has 0 saturated heterocycles. The molecule has 1 atom stereocenters. The van der Waals surface area contributed by atoms with Gasteiger partial charge < -0.3 is 14.6 Å². The molecule has 1 amide bonds. The molecule has 0 fully saturated rings. The fourth-order valence-corrected chi connectivity index (χ4v) is 4.67. The van der Waals surface area contributed by atoms with Crippen LogP contribution in [0.15, 0.2) is 47.6 Å². The van der Waals surface area contributed by atoms with Gasteiger partial charge in [-0.05, 0) is 73.6 Å². The third-order valence-corrected chi connectivity index (χ3v) is 6.79. The Morgan fingerprint density at radius 3 is 2.61 bits per heavy atom. The molecular formula is C24H28N4O2S. The highest BCUT2D eigenvalue weighted by atomic mass is 32.2. The maximum absolute atomic E-state index is 12.5. The molecule has 1 N–H and O–H groups in total. The zero-order valence-corrected chi connectivity index (χ0v) is 19.0. The third kappa shape index (κ3) is 4.93. The van der Waals surface area contributed by atoms with E-state index in [1.165, 1.54) is 47.7 Å². The first-order chi connectivity index (χ1) is 15.0. The maximum Gasteiger partial charge on any atom is 0.230 e. The summed E-state index contributed by atoms with van der Waals surface area (Å²) in [5.74, 6) is 1.84. The lowest BCUT2D eigenvalue weighted by Gasteiger charge is -2.20. The summed E-state index contributed by atoms with van der Waals surface area (Å²) in [4.78, 5) is 12.5. The highest BCUT2D eigenvalue weighted by molar-refractivity contribution is 7.99. The van der Waals surface area contributed by atoms with Crippen LogP contribution in [0.2, 0.25) is 0 Å². The summed E-state index contributed by atoms with van der Waals surface area (Å²) in [5, 5.41) is 12.4. The molecule has 0 spiro atoms. The monoisotopic (exact) mass is 436 g/mol. The molecule has 3 aromatic rings. The summed E-state index contributed by atoms with van der Waals surface area (Å²) in [5.41, 5.74) is 5.01. The molecule has 1 aliphatic carbocycles. The minimum atomic E-state index is -0.0188. The topological polar surface area (TPSA) is 69.0 Å². The summed E-state index contributed by atoms with van der Waals surface area (Å²) < 4.78 is 7.11. The van der Waals surface area contributed by atoms with Gasteiger partial charge in [-0.1, -0.05) is 30.0 Å². The molecule has 0 unspecified atom stereocenters. The molecule has 162 valence electrons. The molecule has 4 rings (SSSR count). The molecule has 6 nitrogen and oxygen atoms in total. The molecule has 0 aliphatic heterocycles. The normalized spacial score (nSPS) is 14.0. The number of carbonyl (C=O) groups excluding carboxylic acids is 1. The first kappa shape index (κ1) is 21.4. The molecule has 7 heteroatoms. The van der Waals surface area contributed by atoms with E-state index in [0.717, 1.165) is 23.6 Å². The fourth-order valence-electron chi connectivity index (χ4n) is 3.95. The van der Waals surface area contributed by atoms with Crippen LogP contribution >= 0.6 is 11.8 Å². The number of rotatable bonds is 7. The minimum Gasteiger partial charge on any atom is -0.497 e. The van der Waals surface area contributed by atoms with Gasteiger partial charge in [0.1, 0.15) is 5.75 Å². The van der Waals surface area contributed by atoms with Gasteiger partial charge in [0.05, 0.1) is 18.9 Å². The number of nitrogens with one attached hydrogen (secondary N) is 1. The van der Waals surface area contributed by atoms with Crippen molar-refractivity contribution < 1.29 is 9.53 Å². The van der Waals surface area contributed by atoms with Crippen molar-refractivity contribution in [1.82, 2.24) is 20.1 Å². The van der Waals surface area contributed by atoms with Crippen LogP contribution in [0.3, 0.4) is 0 Å². The fraction of sp³-hybridized carbons (Fsp3) is 0.375. The Balaban J connectivity index is 1.35. The smallest absolute Gasteiger partial charge is 0.230 e. The number of aromatic nitrogens is 3. The lowest BCUT2D eigenvalue weighted by atomic mass is 9.89. The highest BCUT2D eigenvalue weighted by Crippen LogP contribution is 2.26. The summed E-state index contributed by atoms with van der Waals surface area (Å²) in [6.07, 6.45) is 4.84. The molecule has 31 heavy (non-hydrogen) atoms. The first-order valence-corrected chi connectivity index (χ1v) is 11.6. The van der Waals surface area contributed by atoms with Crippen molar-refractivity contribution in [2.75, 3.05) is 12.9 Å². The second-order valence-electron chi connectivity index (χ2n) is 7.91. The van der Waals surface area contributed by atoms with Gasteiger partial charge in [0.15, 0.2) is 11.0 Å². The summed E-state index contributed by atoms with van der Waals surface area (Å²) in [6.45, 7) is 2.04. The van der Waals surface area contributed by atoms with Crippen LogP contribution in [0.5, 0.6) is 5.75 Å². The van der Waals surface area contributed by atoms with Crippen molar-refractivity contribution in [3.63, 3.8) is 0 Å². The first-order valence-electron chi connectivity index (χ1n) is 10.6. The molecule has 0 radical (unpaired) electrons. The Bertz CT molecular complexity index is 1060. The standard InChI is InChI=1S/C24H28N4O2S/c1-16(19-9-8-17-6-4-5-7-20(17)14-19)25-22(29)15-31-24-27-26-23(28(24)2)18-10-12-21(30-3)13-11-18/h8-14,16H,4-7,15H2,1-3H3,(H,25,29)/t16-/m1/s1. The quantitative estimate of drug-likeness (QED) is 0.558. The molecular weight excluding hydrogens is 408 g/mol. The van der Waals surface area contributed by atoms with Gasteiger partial charge in [-0.25, -0.2) is 0 Å². The summed E-state index contributed by atoms with van der Waals surface area (Å²) in [6, 6.07) is 14.3. The van der Waals surface area contributed by atoms with E-state index < -0.39 is 0 Å². The maximum atomic E-state index is 12.5. The van der Waals surface area contributed by atoms with Crippen LogP contribution in [-0.2, 0) is 24.7 Å². The number of ether oxygens (including phenoxy) is 1. The van der Waals surface area contributed by atoms with E-state index in [2.05, 4.69) is 33.7 Å². The van der Waals surface area contributed by atoms with E-state index in [1.807, 2.05) is 42.8 Å². The second kappa shape index (κ2) is 9.56. The van der Waals surface area contributed by atoms with Crippen LogP contribution in [0.25, 0.3) is 11.4 Å². The molecule has 0 saturated carbocycles. The van der Waals surface area contributed by atoms with Crippen molar-refractivity contribution in [1.29, 1.82) is 0 Å². The largest absolute Gasteiger partial charge is 0.497 e. The van der Waals surface area contributed by atoms with E-state index >= 15 is 0 Å². The van der Waals surface area contributed by atoms with Crippen molar-refractivity contribution in [2.24, 2.45) is 7.05 Å². The van der Waals surface area contributed by atoms with E-state index in [9.17, 15) is 4.79 Å². The Kier molecular flexibility index (Phi) is 6.61. The van der Waals surface area contributed by atoms with E-state index in [1.54, 1.807) is 7.11 Å². The van der Waals surface area contributed by atoms with Crippen LogP contribution < -0.4 is 10.1 Å². The Morgan fingerprint density at radius 2 is 1.87 bits per heavy atom. The number of nitrogens with zero attached hydrogens (tertiary/aromatic N) is 3. The van der Waals surface area contributed by atoms with E-state index in [-0.39, 0.29) is 11.9 Å². The summed E-state index contributed by atoms with van der Waals surface area (Å²) >= 11 is 1.39. The Hall–Kier alpha value is -2.80. The predicted molar refractivity (Wildman–Crippen MR) is 123 cm³/mol. The van der Waals surface area contributed by atoms with Crippen LogP contribution in [0.1, 0.15) is 42.5 Å². The Morgan fingerprint density at radius 1 is 1.13 bits per heavy atom. The number of hydrogen-bond acceptors (Lipinski definition) is 5. The van der Waals surface area contributed by atoms with E-state index in [0.29, 0.717) is 10.9 Å². The van der Waals surface area contributed by atoms with E-state index in [4.69, 9.17) is 4.74 Å². The van der Waals surface area contributed by atoms with Gasteiger partial charge in [-0.2, -0.15) is 0 Å². The number of aryl methyl sites for hydroxylation is 2. The number of methoxy groups -OCH3 is 1. The van der Waals surface area contributed by atoms with Gasteiger partial charge in [0.2, 0.25) is 5.91 Å². The average Bonchev–Trinajstić information content (AvgIpc) is 3.17. The number of benzene rings is 2. The zero-order valence-electron chi connectivity index (χ0n) is 18.2. The summed E-state index contributed by atoms with van der Waals surface area (Å²) in [7, 11) is 3.55. The predicted octanol–water partition coefficient (Wildman–Crippen LogP) is 4.34. The zero-order chi connectivity index (χ0) is 21.8. The van der Waals surface area contributed by atoms with Crippen molar-refractivity contribution in [2.45, 2.75) is 43.8 Å². The SMILES string of the molecule is COc1ccc(-c2nnc(SCC(=O)N[C@H](C)c3ccc4c(c3)CCCC4)n2C)cc1. The van der Waals surface area contributed by atoms with Crippen LogP contribution in [0.4, 0.5) is 0 Å². The number of hydrogen-bond donors (Lipinski definition) is 1.